The number of hydrogen-bond donors (Lipinski definition) is 0. The highest BCUT2D eigenvalue weighted by Crippen LogP contribution is 2.30. The first-order valence-electron chi connectivity index (χ1n) is 8.70. The summed E-state index contributed by atoms with van der Waals surface area (Å²) in [6, 6.07) is 12.0. The molecule has 0 atom stereocenters. The lowest BCUT2D eigenvalue weighted by Gasteiger charge is -2.16. The van der Waals surface area contributed by atoms with Crippen LogP contribution in [0.4, 0.5) is 8.78 Å². The highest BCUT2D eigenvalue weighted by molar-refractivity contribution is 5.91. The molecule has 0 spiro atoms. The number of halogens is 2. The van der Waals surface area contributed by atoms with Gasteiger partial charge in [-0.25, -0.2) is 0 Å². The molecule has 7 heteroatoms. The molecule has 1 amide bonds. The molecular weight excluding hydrogens is 368 g/mol. The number of carbonyl (C=O) groups is 1. The molecule has 0 aliphatic carbocycles. The van der Waals surface area contributed by atoms with Crippen LogP contribution in [-0.4, -0.2) is 38.2 Å². The number of methoxy groups -OCH3 is 1. The SMILES string of the molecule is CCOc1cc(C=CC(=O)N(C)Cc2cccc(OC)c2)ccc1OC(F)F. The first kappa shape index (κ1) is 21.2. The number of amides is 1. The summed E-state index contributed by atoms with van der Waals surface area (Å²) < 4.78 is 39.9. The Morgan fingerprint density at radius 1 is 1.18 bits per heavy atom. The van der Waals surface area contributed by atoms with E-state index in [1.54, 1.807) is 44.2 Å². The van der Waals surface area contributed by atoms with Crippen molar-refractivity contribution in [3.63, 3.8) is 0 Å². The Hall–Kier alpha value is -3.09. The lowest BCUT2D eigenvalue weighted by Crippen LogP contribution is -2.24. The van der Waals surface area contributed by atoms with Gasteiger partial charge in [-0.1, -0.05) is 18.2 Å². The van der Waals surface area contributed by atoms with Crippen LogP contribution in [0.1, 0.15) is 18.1 Å². The zero-order valence-corrected chi connectivity index (χ0v) is 16.0. The second-order valence-electron chi connectivity index (χ2n) is 5.90. The van der Waals surface area contributed by atoms with Crippen molar-refractivity contribution in [1.82, 2.24) is 4.90 Å². The van der Waals surface area contributed by atoms with Crippen molar-refractivity contribution in [2.75, 3.05) is 20.8 Å². The summed E-state index contributed by atoms with van der Waals surface area (Å²) in [5.74, 6) is 0.676. The van der Waals surface area contributed by atoms with Crippen LogP contribution in [0.5, 0.6) is 17.2 Å². The molecule has 0 saturated carbocycles. The predicted octanol–water partition coefficient (Wildman–Crippen LogP) is 4.37. The first-order valence-corrected chi connectivity index (χ1v) is 8.70. The third-order valence-electron chi connectivity index (χ3n) is 3.83. The van der Waals surface area contributed by atoms with Crippen molar-refractivity contribution >= 4 is 12.0 Å². The van der Waals surface area contributed by atoms with E-state index in [2.05, 4.69) is 4.74 Å². The lowest BCUT2D eigenvalue weighted by atomic mass is 10.1. The molecule has 0 saturated heterocycles. The van der Waals surface area contributed by atoms with Crippen LogP contribution in [-0.2, 0) is 11.3 Å². The van der Waals surface area contributed by atoms with Crippen molar-refractivity contribution in [2.24, 2.45) is 0 Å². The second kappa shape index (κ2) is 10.3. The largest absolute Gasteiger partial charge is 0.497 e. The van der Waals surface area contributed by atoms with Crippen LogP contribution in [0.25, 0.3) is 6.08 Å². The van der Waals surface area contributed by atoms with E-state index in [-0.39, 0.29) is 17.4 Å². The third kappa shape index (κ3) is 6.26. The fourth-order valence-electron chi connectivity index (χ4n) is 2.51. The highest BCUT2D eigenvalue weighted by atomic mass is 19.3. The Labute approximate surface area is 163 Å². The van der Waals surface area contributed by atoms with Gasteiger partial charge in [0.25, 0.3) is 0 Å². The number of alkyl halides is 2. The summed E-state index contributed by atoms with van der Waals surface area (Å²) in [4.78, 5) is 13.9. The summed E-state index contributed by atoms with van der Waals surface area (Å²) in [5.41, 5.74) is 1.57. The smallest absolute Gasteiger partial charge is 0.387 e. The van der Waals surface area contributed by atoms with Gasteiger partial charge in [-0.05, 0) is 48.4 Å². The normalized spacial score (nSPS) is 10.9. The van der Waals surface area contributed by atoms with Crippen molar-refractivity contribution in [1.29, 1.82) is 0 Å². The number of nitrogens with zero attached hydrogens (tertiary/aromatic N) is 1. The Balaban J connectivity index is 2.06. The fraction of sp³-hybridized carbons (Fsp3) is 0.286. The van der Waals surface area contributed by atoms with Crippen LogP contribution >= 0.6 is 0 Å². The van der Waals surface area contributed by atoms with Crippen LogP contribution < -0.4 is 14.2 Å². The molecule has 0 aliphatic rings. The Kier molecular flexibility index (Phi) is 7.80. The maximum absolute atomic E-state index is 12.5. The Morgan fingerprint density at radius 3 is 2.64 bits per heavy atom. The molecule has 2 rings (SSSR count). The molecular formula is C21H23F2NO4. The molecule has 2 aromatic carbocycles. The van der Waals surface area contributed by atoms with Gasteiger partial charge in [0.15, 0.2) is 11.5 Å². The van der Waals surface area contributed by atoms with Gasteiger partial charge in [-0.3, -0.25) is 4.79 Å². The van der Waals surface area contributed by atoms with E-state index in [1.165, 1.54) is 12.1 Å². The standard InChI is InChI=1S/C21H23F2NO4/c1-4-27-19-13-15(8-10-18(19)28-21(22)23)9-11-20(25)24(2)14-16-6-5-7-17(12-16)26-3/h5-13,21H,4,14H2,1-3H3. The molecule has 0 radical (unpaired) electrons. The summed E-state index contributed by atoms with van der Waals surface area (Å²) in [7, 11) is 3.28. The molecule has 0 unspecified atom stereocenters. The van der Waals surface area contributed by atoms with Gasteiger partial charge >= 0.3 is 6.61 Å². The van der Waals surface area contributed by atoms with Crippen LogP contribution in [0.2, 0.25) is 0 Å². The highest BCUT2D eigenvalue weighted by Gasteiger charge is 2.11. The van der Waals surface area contributed by atoms with Gasteiger partial charge in [0, 0.05) is 19.7 Å². The van der Waals surface area contributed by atoms with E-state index in [4.69, 9.17) is 9.47 Å². The summed E-state index contributed by atoms with van der Waals surface area (Å²) in [5, 5.41) is 0. The number of ether oxygens (including phenoxy) is 3. The molecule has 0 heterocycles. The van der Waals surface area contributed by atoms with Crippen LogP contribution in [0.3, 0.4) is 0 Å². The average molecular weight is 391 g/mol. The third-order valence-corrected chi connectivity index (χ3v) is 3.83. The number of likely N-dealkylation sites (N-methyl/N-ethyl adjacent to an activating group) is 1. The van der Waals surface area contributed by atoms with Crippen molar-refractivity contribution in [2.45, 2.75) is 20.1 Å². The van der Waals surface area contributed by atoms with Crippen molar-refractivity contribution in [3.8, 4) is 17.2 Å². The van der Waals surface area contributed by atoms with Crippen LogP contribution in [0, 0.1) is 0 Å². The predicted molar refractivity (Wildman–Crippen MR) is 103 cm³/mol. The van der Waals surface area contributed by atoms with Crippen LogP contribution in [0.15, 0.2) is 48.5 Å². The number of carbonyl (C=O) groups excluding carboxylic acids is 1. The van der Waals surface area contributed by atoms with E-state index in [0.717, 1.165) is 11.3 Å². The first-order chi connectivity index (χ1) is 13.4. The van der Waals surface area contributed by atoms with Crippen molar-refractivity contribution < 1.29 is 27.8 Å². The summed E-state index contributed by atoms with van der Waals surface area (Å²) >= 11 is 0. The van der Waals surface area contributed by atoms with E-state index in [9.17, 15) is 13.6 Å². The zero-order valence-electron chi connectivity index (χ0n) is 16.0. The molecule has 0 fully saturated rings. The topological polar surface area (TPSA) is 48.0 Å². The summed E-state index contributed by atoms with van der Waals surface area (Å²) in [6.07, 6.45) is 3.01. The molecule has 5 nitrogen and oxygen atoms in total. The average Bonchev–Trinajstić information content (AvgIpc) is 2.67. The molecule has 28 heavy (non-hydrogen) atoms. The molecule has 0 aromatic heterocycles. The minimum absolute atomic E-state index is 0.0459. The molecule has 2 aromatic rings. The van der Waals surface area contributed by atoms with Gasteiger partial charge in [0.05, 0.1) is 13.7 Å². The van der Waals surface area contributed by atoms with Crippen molar-refractivity contribution in [3.05, 3.63) is 59.7 Å². The molecule has 0 aliphatic heterocycles. The van der Waals surface area contributed by atoms with E-state index < -0.39 is 6.61 Å². The minimum atomic E-state index is -2.94. The number of rotatable bonds is 9. The fourth-order valence-corrected chi connectivity index (χ4v) is 2.51. The van der Waals surface area contributed by atoms with Gasteiger partial charge in [0.1, 0.15) is 5.75 Å². The van der Waals surface area contributed by atoms with E-state index in [0.29, 0.717) is 18.7 Å². The Morgan fingerprint density at radius 2 is 1.96 bits per heavy atom. The number of benzene rings is 2. The summed E-state index contributed by atoms with van der Waals surface area (Å²) in [6.45, 7) is -0.473. The van der Waals surface area contributed by atoms with Gasteiger partial charge in [0.2, 0.25) is 5.91 Å². The molecule has 0 bridgehead atoms. The van der Waals surface area contributed by atoms with Gasteiger partial charge < -0.3 is 19.1 Å². The zero-order chi connectivity index (χ0) is 20.5. The quantitative estimate of drug-likeness (QED) is 0.596. The second-order valence-corrected chi connectivity index (χ2v) is 5.90. The monoisotopic (exact) mass is 391 g/mol. The van der Waals surface area contributed by atoms with Gasteiger partial charge in [-0.15, -0.1) is 0 Å². The minimum Gasteiger partial charge on any atom is -0.497 e. The lowest BCUT2D eigenvalue weighted by molar-refractivity contribution is -0.125. The number of hydrogen-bond acceptors (Lipinski definition) is 4. The van der Waals surface area contributed by atoms with Gasteiger partial charge in [-0.2, -0.15) is 8.78 Å². The molecule has 0 N–H and O–H groups in total. The Bertz CT molecular complexity index is 824. The molecule has 150 valence electrons. The maximum Gasteiger partial charge on any atom is 0.387 e. The van der Waals surface area contributed by atoms with E-state index in [1.807, 2.05) is 24.3 Å². The maximum atomic E-state index is 12.5. The van der Waals surface area contributed by atoms with E-state index >= 15 is 0 Å².